The van der Waals surface area contributed by atoms with Gasteiger partial charge in [0.1, 0.15) is 0 Å². The Bertz CT molecular complexity index is 1160. The van der Waals surface area contributed by atoms with Crippen LogP contribution in [0.3, 0.4) is 0 Å². The number of halogens is 1. The molecular weight excluding hydrogens is 415 g/mol. The molecule has 0 unspecified atom stereocenters. The zero-order valence-corrected chi connectivity index (χ0v) is 19.0. The summed E-state index contributed by atoms with van der Waals surface area (Å²) >= 11 is 0. The van der Waals surface area contributed by atoms with Gasteiger partial charge >= 0.3 is 0 Å². The van der Waals surface area contributed by atoms with Gasteiger partial charge in [-0.2, -0.15) is 5.10 Å². The van der Waals surface area contributed by atoms with Gasteiger partial charge in [0.25, 0.3) is 0 Å². The summed E-state index contributed by atoms with van der Waals surface area (Å²) in [6.07, 6.45) is 7.52. The average Bonchev–Trinajstić information content (AvgIpc) is 3.29. The summed E-state index contributed by atoms with van der Waals surface area (Å²) in [4.78, 5) is 4.20. The SMILES string of the molecule is CCCCOc1ccc(-c2nn(-c3ccccc3)cc2CN[C@H](C)c2cccnc2)cc1F. The van der Waals surface area contributed by atoms with Crippen LogP contribution in [-0.2, 0) is 6.54 Å². The fourth-order valence-electron chi connectivity index (χ4n) is 3.60. The number of aromatic nitrogens is 3. The molecule has 2 heterocycles. The lowest BCUT2D eigenvalue weighted by Gasteiger charge is -2.14. The zero-order chi connectivity index (χ0) is 23.0. The minimum atomic E-state index is -0.375. The van der Waals surface area contributed by atoms with E-state index in [9.17, 15) is 4.39 Å². The van der Waals surface area contributed by atoms with E-state index in [4.69, 9.17) is 9.84 Å². The van der Waals surface area contributed by atoms with Crippen LogP contribution in [0.1, 0.15) is 43.9 Å². The molecule has 33 heavy (non-hydrogen) atoms. The topological polar surface area (TPSA) is 52.0 Å². The summed E-state index contributed by atoms with van der Waals surface area (Å²) in [5.41, 5.74) is 4.49. The third-order valence-corrected chi connectivity index (χ3v) is 5.55. The van der Waals surface area contributed by atoms with Gasteiger partial charge in [-0.1, -0.05) is 37.6 Å². The Morgan fingerprint density at radius 2 is 1.94 bits per heavy atom. The maximum atomic E-state index is 14.8. The number of rotatable bonds is 10. The van der Waals surface area contributed by atoms with Crippen LogP contribution in [0, 0.1) is 5.82 Å². The van der Waals surface area contributed by atoms with Crippen LogP contribution in [-0.4, -0.2) is 21.4 Å². The van der Waals surface area contributed by atoms with E-state index < -0.39 is 0 Å². The molecule has 0 radical (unpaired) electrons. The number of nitrogens with one attached hydrogen (secondary N) is 1. The molecule has 0 aliphatic rings. The smallest absolute Gasteiger partial charge is 0.165 e. The van der Waals surface area contributed by atoms with Crippen molar-refractivity contribution in [3.63, 3.8) is 0 Å². The number of nitrogens with zero attached hydrogens (tertiary/aromatic N) is 3. The van der Waals surface area contributed by atoms with Gasteiger partial charge in [-0.25, -0.2) is 9.07 Å². The number of hydrogen-bond donors (Lipinski definition) is 1. The number of benzene rings is 2. The Morgan fingerprint density at radius 1 is 1.09 bits per heavy atom. The van der Waals surface area contributed by atoms with Crippen molar-refractivity contribution in [2.24, 2.45) is 0 Å². The predicted molar refractivity (Wildman–Crippen MR) is 129 cm³/mol. The van der Waals surface area contributed by atoms with Crippen molar-refractivity contribution >= 4 is 0 Å². The molecule has 170 valence electrons. The summed E-state index contributed by atoms with van der Waals surface area (Å²) < 4.78 is 22.2. The summed E-state index contributed by atoms with van der Waals surface area (Å²) in [5.74, 6) is -0.0972. The van der Waals surface area contributed by atoms with Gasteiger partial charge < -0.3 is 10.1 Å². The summed E-state index contributed by atoms with van der Waals surface area (Å²) in [7, 11) is 0. The first-order valence-corrected chi connectivity index (χ1v) is 11.4. The Labute approximate surface area is 194 Å². The van der Waals surface area contributed by atoms with Crippen LogP contribution in [0.4, 0.5) is 4.39 Å². The molecule has 0 saturated carbocycles. The van der Waals surface area contributed by atoms with Gasteiger partial charge in [0, 0.05) is 42.3 Å². The van der Waals surface area contributed by atoms with E-state index in [1.165, 1.54) is 6.07 Å². The molecule has 0 amide bonds. The molecule has 0 aliphatic heterocycles. The average molecular weight is 445 g/mol. The summed E-state index contributed by atoms with van der Waals surface area (Å²) in [6.45, 7) is 5.27. The lowest BCUT2D eigenvalue weighted by atomic mass is 10.1. The third-order valence-electron chi connectivity index (χ3n) is 5.55. The summed E-state index contributed by atoms with van der Waals surface area (Å²) in [5, 5.41) is 8.34. The molecule has 4 rings (SSSR count). The lowest BCUT2D eigenvalue weighted by molar-refractivity contribution is 0.294. The zero-order valence-electron chi connectivity index (χ0n) is 19.0. The number of pyridine rings is 1. The maximum Gasteiger partial charge on any atom is 0.165 e. The van der Waals surface area contributed by atoms with Crippen LogP contribution in [0.25, 0.3) is 16.9 Å². The molecule has 1 N–H and O–H groups in total. The molecule has 0 aliphatic carbocycles. The first kappa shape index (κ1) is 22.7. The van der Waals surface area contributed by atoms with Crippen LogP contribution < -0.4 is 10.1 Å². The highest BCUT2D eigenvalue weighted by atomic mass is 19.1. The van der Waals surface area contributed by atoms with Crippen molar-refractivity contribution < 1.29 is 9.13 Å². The van der Waals surface area contributed by atoms with Gasteiger partial charge in [0.15, 0.2) is 11.6 Å². The maximum absolute atomic E-state index is 14.8. The Morgan fingerprint density at radius 3 is 2.67 bits per heavy atom. The standard InChI is InChI=1S/C27H29FN4O/c1-3-4-15-33-26-13-12-21(16-25(26)28)27-23(18-30-20(2)22-9-8-14-29-17-22)19-32(31-27)24-10-6-5-7-11-24/h5-14,16-17,19-20,30H,3-4,15,18H2,1-2H3/t20-/m1/s1. The van der Waals surface area contributed by atoms with E-state index in [2.05, 4.69) is 24.1 Å². The van der Waals surface area contributed by atoms with Crippen molar-refractivity contribution in [3.05, 3.63) is 96.2 Å². The van der Waals surface area contributed by atoms with E-state index in [1.54, 1.807) is 12.3 Å². The first-order chi connectivity index (χ1) is 16.2. The second kappa shape index (κ2) is 10.9. The molecule has 6 heteroatoms. The Hall–Kier alpha value is -3.51. The van der Waals surface area contributed by atoms with Crippen LogP contribution in [0.2, 0.25) is 0 Å². The van der Waals surface area contributed by atoms with E-state index >= 15 is 0 Å². The third kappa shape index (κ3) is 5.65. The highest BCUT2D eigenvalue weighted by molar-refractivity contribution is 5.64. The monoisotopic (exact) mass is 444 g/mol. The number of para-hydroxylation sites is 1. The van der Waals surface area contributed by atoms with E-state index in [0.29, 0.717) is 13.2 Å². The number of ether oxygens (including phenoxy) is 1. The van der Waals surface area contributed by atoms with Gasteiger partial charge in [-0.3, -0.25) is 4.98 Å². The van der Waals surface area contributed by atoms with E-state index in [1.807, 2.05) is 65.6 Å². The highest BCUT2D eigenvalue weighted by Gasteiger charge is 2.16. The first-order valence-electron chi connectivity index (χ1n) is 11.4. The second-order valence-corrected chi connectivity index (χ2v) is 8.02. The van der Waals surface area contributed by atoms with Crippen molar-refractivity contribution in [1.82, 2.24) is 20.1 Å². The number of unbranched alkanes of at least 4 members (excludes halogenated alkanes) is 1. The van der Waals surface area contributed by atoms with Gasteiger partial charge in [0.2, 0.25) is 0 Å². The van der Waals surface area contributed by atoms with Crippen LogP contribution in [0.15, 0.2) is 79.3 Å². The predicted octanol–water partition coefficient (Wildman–Crippen LogP) is 6.10. The quantitative estimate of drug-likeness (QED) is 0.300. The van der Waals surface area contributed by atoms with Gasteiger partial charge in [0.05, 0.1) is 18.0 Å². The minimum Gasteiger partial charge on any atom is -0.491 e. The van der Waals surface area contributed by atoms with Gasteiger partial charge in [-0.15, -0.1) is 0 Å². The second-order valence-electron chi connectivity index (χ2n) is 8.02. The van der Waals surface area contributed by atoms with Crippen LogP contribution in [0.5, 0.6) is 5.75 Å². The molecule has 2 aromatic heterocycles. The van der Waals surface area contributed by atoms with E-state index in [0.717, 1.165) is 40.9 Å². The van der Waals surface area contributed by atoms with Crippen molar-refractivity contribution in [2.75, 3.05) is 6.61 Å². The highest BCUT2D eigenvalue weighted by Crippen LogP contribution is 2.29. The van der Waals surface area contributed by atoms with Crippen molar-refractivity contribution in [3.8, 4) is 22.7 Å². The molecular formula is C27H29FN4O. The molecule has 0 saturated heterocycles. The summed E-state index contributed by atoms with van der Waals surface area (Å²) in [6, 6.07) is 19.1. The molecule has 4 aromatic rings. The van der Waals surface area contributed by atoms with Crippen molar-refractivity contribution in [1.29, 1.82) is 0 Å². The largest absolute Gasteiger partial charge is 0.491 e. The fourth-order valence-corrected chi connectivity index (χ4v) is 3.60. The molecule has 0 spiro atoms. The molecule has 0 fully saturated rings. The Kier molecular flexibility index (Phi) is 7.47. The molecule has 0 bridgehead atoms. The fraction of sp³-hybridized carbons (Fsp3) is 0.259. The molecule has 5 nitrogen and oxygen atoms in total. The molecule has 1 atom stereocenters. The Balaban J connectivity index is 1.62. The minimum absolute atomic E-state index is 0.109. The van der Waals surface area contributed by atoms with Crippen molar-refractivity contribution in [2.45, 2.75) is 39.3 Å². The lowest BCUT2D eigenvalue weighted by Crippen LogP contribution is -2.18. The van der Waals surface area contributed by atoms with Gasteiger partial charge in [-0.05, 0) is 55.3 Å². The van der Waals surface area contributed by atoms with E-state index in [-0.39, 0.29) is 17.6 Å². The molecule has 2 aromatic carbocycles. The number of hydrogen-bond acceptors (Lipinski definition) is 4. The normalized spacial score (nSPS) is 12.0. The van der Waals surface area contributed by atoms with Crippen LogP contribution >= 0.6 is 0 Å².